The smallest absolute Gasteiger partial charge is 0.237 e. The molecular formula is C12H18N2OS. The fraction of sp³-hybridized carbons (Fsp3) is 0.417. The summed E-state index contributed by atoms with van der Waals surface area (Å²) in [6, 6.07) is 8.26. The summed E-state index contributed by atoms with van der Waals surface area (Å²) in [7, 11) is 0. The van der Waals surface area contributed by atoms with Crippen LogP contribution in [0.2, 0.25) is 0 Å². The number of nitrogens with two attached hydrogens (primary N) is 1. The first-order chi connectivity index (χ1) is 7.54. The molecule has 0 fully saturated rings. The molecule has 0 saturated heterocycles. The molecule has 3 nitrogen and oxygen atoms in total. The Morgan fingerprint density at radius 1 is 1.44 bits per heavy atom. The van der Waals surface area contributed by atoms with Gasteiger partial charge >= 0.3 is 0 Å². The summed E-state index contributed by atoms with van der Waals surface area (Å²) < 4.78 is 0. The van der Waals surface area contributed by atoms with Gasteiger partial charge in [-0.15, -0.1) is 11.8 Å². The Hall–Kier alpha value is -1.00. The molecule has 1 amide bonds. The van der Waals surface area contributed by atoms with E-state index in [0.717, 1.165) is 0 Å². The number of benzene rings is 1. The van der Waals surface area contributed by atoms with Gasteiger partial charge < -0.3 is 0 Å². The maximum Gasteiger partial charge on any atom is 0.237 e. The van der Waals surface area contributed by atoms with Crippen LogP contribution in [0.15, 0.2) is 29.2 Å². The van der Waals surface area contributed by atoms with E-state index in [2.05, 4.69) is 30.5 Å². The number of hydrazine groups is 1. The zero-order valence-corrected chi connectivity index (χ0v) is 10.7. The Labute approximate surface area is 101 Å². The van der Waals surface area contributed by atoms with Crippen molar-refractivity contribution in [1.82, 2.24) is 5.43 Å². The van der Waals surface area contributed by atoms with Crippen LogP contribution in [0.3, 0.4) is 0 Å². The molecule has 0 aliphatic carbocycles. The Bertz CT molecular complexity index is 368. The van der Waals surface area contributed by atoms with E-state index in [1.165, 1.54) is 10.5 Å². The molecule has 0 aromatic heterocycles. The third-order valence-corrected chi connectivity index (χ3v) is 3.88. The molecule has 0 spiro atoms. The van der Waals surface area contributed by atoms with Crippen molar-refractivity contribution >= 4 is 17.7 Å². The van der Waals surface area contributed by atoms with Crippen LogP contribution in [0.4, 0.5) is 0 Å². The molecule has 1 aromatic carbocycles. The minimum absolute atomic E-state index is 0.101. The highest BCUT2D eigenvalue weighted by atomic mass is 32.2. The van der Waals surface area contributed by atoms with Gasteiger partial charge in [0.15, 0.2) is 0 Å². The second kappa shape index (κ2) is 5.92. The number of hydrogen-bond donors (Lipinski definition) is 2. The molecule has 2 unspecified atom stereocenters. The van der Waals surface area contributed by atoms with Crippen LogP contribution in [-0.2, 0) is 4.79 Å². The lowest BCUT2D eigenvalue weighted by Crippen LogP contribution is -2.38. The highest BCUT2D eigenvalue weighted by Crippen LogP contribution is 2.28. The number of carbonyl (C=O) groups is 1. The van der Waals surface area contributed by atoms with Crippen molar-refractivity contribution in [2.45, 2.75) is 30.9 Å². The maximum absolute atomic E-state index is 11.4. The van der Waals surface area contributed by atoms with E-state index in [1.807, 2.05) is 19.9 Å². The summed E-state index contributed by atoms with van der Waals surface area (Å²) in [4.78, 5) is 12.5. The molecule has 88 valence electrons. The van der Waals surface area contributed by atoms with Crippen LogP contribution in [0.1, 0.15) is 19.4 Å². The minimum atomic E-state index is -0.118. The van der Waals surface area contributed by atoms with Crippen molar-refractivity contribution < 1.29 is 4.79 Å². The molecule has 1 rings (SSSR count). The van der Waals surface area contributed by atoms with Gasteiger partial charge in [0.25, 0.3) is 0 Å². The van der Waals surface area contributed by atoms with Crippen LogP contribution >= 0.6 is 11.8 Å². The summed E-state index contributed by atoms with van der Waals surface area (Å²) in [6.07, 6.45) is 0. The van der Waals surface area contributed by atoms with Crippen molar-refractivity contribution in [3.8, 4) is 0 Å². The van der Waals surface area contributed by atoms with Crippen molar-refractivity contribution in [3.05, 3.63) is 29.8 Å². The Kier molecular flexibility index (Phi) is 4.83. The van der Waals surface area contributed by atoms with Crippen molar-refractivity contribution in [3.63, 3.8) is 0 Å². The SMILES string of the molecule is Cc1cccc(SC(C)C(C)C(=O)NN)c1. The van der Waals surface area contributed by atoms with Crippen molar-refractivity contribution in [2.24, 2.45) is 11.8 Å². The van der Waals surface area contributed by atoms with Gasteiger partial charge in [0, 0.05) is 16.1 Å². The average Bonchev–Trinajstić information content (AvgIpc) is 2.27. The van der Waals surface area contributed by atoms with Crippen molar-refractivity contribution in [1.29, 1.82) is 0 Å². The van der Waals surface area contributed by atoms with E-state index in [9.17, 15) is 4.79 Å². The van der Waals surface area contributed by atoms with E-state index < -0.39 is 0 Å². The van der Waals surface area contributed by atoms with Crippen LogP contribution in [-0.4, -0.2) is 11.2 Å². The number of hydrogen-bond acceptors (Lipinski definition) is 3. The second-order valence-corrected chi connectivity index (χ2v) is 5.39. The summed E-state index contributed by atoms with van der Waals surface area (Å²) in [6.45, 7) is 5.98. The monoisotopic (exact) mass is 238 g/mol. The Balaban J connectivity index is 2.64. The summed E-state index contributed by atoms with van der Waals surface area (Å²) in [5.74, 6) is 4.90. The van der Waals surface area contributed by atoms with Gasteiger partial charge in [-0.1, -0.05) is 31.5 Å². The standard InChI is InChI=1S/C12H18N2OS/c1-8-5-4-6-11(7-8)16-10(3)9(2)12(15)14-13/h4-7,9-10H,13H2,1-3H3,(H,14,15). The predicted molar refractivity (Wildman–Crippen MR) is 68.0 cm³/mol. The number of rotatable bonds is 4. The van der Waals surface area contributed by atoms with E-state index in [0.29, 0.717) is 0 Å². The molecule has 3 N–H and O–H groups in total. The third-order valence-electron chi connectivity index (χ3n) is 2.57. The number of nitrogens with one attached hydrogen (secondary N) is 1. The predicted octanol–water partition coefficient (Wildman–Crippen LogP) is 2.10. The molecule has 0 aliphatic heterocycles. The Morgan fingerprint density at radius 2 is 2.12 bits per heavy atom. The number of aryl methyl sites for hydroxylation is 1. The summed E-state index contributed by atoms with van der Waals surface area (Å²) in [5, 5.41) is 0.199. The summed E-state index contributed by atoms with van der Waals surface area (Å²) in [5.41, 5.74) is 3.42. The summed E-state index contributed by atoms with van der Waals surface area (Å²) >= 11 is 1.69. The topological polar surface area (TPSA) is 55.1 Å². The van der Waals surface area contributed by atoms with E-state index in [1.54, 1.807) is 11.8 Å². The average molecular weight is 238 g/mol. The lowest BCUT2D eigenvalue weighted by molar-refractivity contribution is -0.124. The normalized spacial score (nSPS) is 14.2. The van der Waals surface area contributed by atoms with Gasteiger partial charge in [0.1, 0.15) is 0 Å². The van der Waals surface area contributed by atoms with Crippen molar-refractivity contribution in [2.75, 3.05) is 0 Å². The molecule has 0 aliphatic rings. The molecule has 0 radical (unpaired) electrons. The number of carbonyl (C=O) groups excluding carboxylic acids is 1. The fourth-order valence-corrected chi connectivity index (χ4v) is 2.52. The molecule has 1 aromatic rings. The van der Waals surface area contributed by atoms with Crippen LogP contribution < -0.4 is 11.3 Å². The van der Waals surface area contributed by atoms with Gasteiger partial charge in [-0.2, -0.15) is 0 Å². The zero-order chi connectivity index (χ0) is 12.1. The lowest BCUT2D eigenvalue weighted by Gasteiger charge is -2.17. The fourth-order valence-electron chi connectivity index (χ4n) is 1.35. The lowest BCUT2D eigenvalue weighted by atomic mass is 10.1. The first-order valence-electron chi connectivity index (χ1n) is 5.28. The first kappa shape index (κ1) is 13.1. The van der Waals surface area contributed by atoms with Gasteiger partial charge in [-0.3, -0.25) is 10.2 Å². The molecule has 0 saturated carbocycles. The van der Waals surface area contributed by atoms with Gasteiger partial charge in [-0.05, 0) is 19.1 Å². The van der Waals surface area contributed by atoms with Gasteiger partial charge in [-0.25, -0.2) is 5.84 Å². The Morgan fingerprint density at radius 3 is 2.69 bits per heavy atom. The molecule has 0 bridgehead atoms. The largest absolute Gasteiger partial charge is 0.294 e. The highest BCUT2D eigenvalue weighted by Gasteiger charge is 2.20. The first-order valence-corrected chi connectivity index (χ1v) is 6.16. The molecular weight excluding hydrogens is 220 g/mol. The third kappa shape index (κ3) is 3.54. The van der Waals surface area contributed by atoms with Crippen LogP contribution in [0.5, 0.6) is 0 Å². The number of amides is 1. The quantitative estimate of drug-likeness (QED) is 0.365. The van der Waals surface area contributed by atoms with E-state index in [-0.39, 0.29) is 17.1 Å². The van der Waals surface area contributed by atoms with E-state index >= 15 is 0 Å². The molecule has 4 heteroatoms. The van der Waals surface area contributed by atoms with Gasteiger partial charge in [0.2, 0.25) is 5.91 Å². The van der Waals surface area contributed by atoms with E-state index in [4.69, 9.17) is 5.84 Å². The van der Waals surface area contributed by atoms with Gasteiger partial charge in [0.05, 0.1) is 0 Å². The maximum atomic E-state index is 11.4. The van der Waals surface area contributed by atoms with Crippen LogP contribution in [0, 0.1) is 12.8 Å². The highest BCUT2D eigenvalue weighted by molar-refractivity contribution is 8.00. The minimum Gasteiger partial charge on any atom is -0.294 e. The second-order valence-electron chi connectivity index (χ2n) is 3.94. The zero-order valence-electron chi connectivity index (χ0n) is 9.86. The number of thioether (sulfide) groups is 1. The van der Waals surface area contributed by atoms with Crippen LogP contribution in [0.25, 0.3) is 0 Å². The molecule has 16 heavy (non-hydrogen) atoms. The molecule has 0 heterocycles. The molecule has 2 atom stereocenters.